The maximum atomic E-state index is 4.11. The molecule has 0 aliphatic heterocycles. The van der Waals surface area contributed by atoms with Gasteiger partial charge in [0, 0.05) is 20.0 Å². The topological polar surface area (TPSA) is 24.4 Å². The van der Waals surface area contributed by atoms with Gasteiger partial charge in [0.1, 0.15) is 0 Å². The van der Waals surface area contributed by atoms with Crippen LogP contribution in [0.2, 0.25) is 0 Å². The Labute approximate surface area is 75.0 Å². The number of hydrogen-bond acceptors (Lipinski definition) is 3. The molecule has 11 heavy (non-hydrogen) atoms. The van der Waals surface area contributed by atoms with Crippen LogP contribution in [0.15, 0.2) is 29.5 Å². The minimum atomic E-state index is 0. The van der Waals surface area contributed by atoms with E-state index in [1.807, 2.05) is 26.0 Å². The summed E-state index contributed by atoms with van der Waals surface area (Å²) in [4.78, 5) is 3.94. The summed E-state index contributed by atoms with van der Waals surface area (Å²) in [5, 5.41) is 3.14. The van der Waals surface area contributed by atoms with Crippen molar-refractivity contribution in [2.24, 2.45) is 4.99 Å². The standard InChI is InChI=1S/C8H14N2S.H2/c1-3-4-5-9-6-7-10-8(2)11;/h3-8,10-11H,1-2H3;1H/b4-3-,7-6+,9-5-;. The van der Waals surface area contributed by atoms with Crippen molar-refractivity contribution < 1.29 is 1.43 Å². The first-order chi connectivity index (χ1) is 5.27. The number of allylic oxidation sites excluding steroid dienone is 2. The Morgan fingerprint density at radius 2 is 2.36 bits per heavy atom. The number of nitrogens with zero attached hydrogens (tertiary/aromatic N) is 1. The molecule has 0 aromatic carbocycles. The second kappa shape index (κ2) is 7.41. The highest BCUT2D eigenvalue weighted by Gasteiger charge is 1.81. The molecule has 0 spiro atoms. The molecule has 0 bridgehead atoms. The fourth-order valence-corrected chi connectivity index (χ4v) is 0.497. The van der Waals surface area contributed by atoms with Crippen LogP contribution in [0.25, 0.3) is 0 Å². The number of aliphatic imine (C=N–C) groups is 1. The molecule has 0 aromatic rings. The van der Waals surface area contributed by atoms with Gasteiger partial charge in [-0.25, -0.2) is 0 Å². The van der Waals surface area contributed by atoms with E-state index in [-0.39, 0.29) is 6.80 Å². The van der Waals surface area contributed by atoms with Gasteiger partial charge in [0.2, 0.25) is 0 Å². The molecule has 2 nitrogen and oxygen atoms in total. The average Bonchev–Trinajstić information content (AvgIpc) is 1.96. The summed E-state index contributed by atoms with van der Waals surface area (Å²) in [5.74, 6) is 0. The fourth-order valence-electron chi connectivity index (χ4n) is 0.411. The Balaban J connectivity index is 0. The molecule has 64 valence electrons. The van der Waals surface area contributed by atoms with Crippen LogP contribution in [0, 0.1) is 0 Å². The van der Waals surface area contributed by atoms with Gasteiger partial charge in [0.05, 0.1) is 5.37 Å². The molecule has 0 fully saturated rings. The van der Waals surface area contributed by atoms with Crippen LogP contribution in [0.5, 0.6) is 0 Å². The summed E-state index contributed by atoms with van der Waals surface area (Å²) < 4.78 is 0. The molecule has 1 atom stereocenters. The minimum Gasteiger partial charge on any atom is -0.378 e. The maximum Gasteiger partial charge on any atom is 0.0660 e. The summed E-state index contributed by atoms with van der Waals surface area (Å²) >= 11 is 4.11. The molecular formula is C8H16N2S. The van der Waals surface area contributed by atoms with E-state index in [4.69, 9.17) is 0 Å². The molecule has 0 saturated heterocycles. The average molecular weight is 172 g/mol. The van der Waals surface area contributed by atoms with Crippen LogP contribution in [0.4, 0.5) is 0 Å². The Kier molecular flexibility index (Phi) is 6.94. The molecule has 1 unspecified atom stereocenters. The van der Waals surface area contributed by atoms with Crippen LogP contribution < -0.4 is 5.32 Å². The quantitative estimate of drug-likeness (QED) is 0.379. The van der Waals surface area contributed by atoms with E-state index in [2.05, 4.69) is 22.9 Å². The molecule has 0 rings (SSSR count). The Morgan fingerprint density at radius 3 is 2.91 bits per heavy atom. The lowest BCUT2D eigenvalue weighted by Crippen LogP contribution is -2.12. The predicted octanol–water partition coefficient (Wildman–Crippen LogP) is 2.22. The fraction of sp³-hybridized carbons (Fsp3) is 0.375. The van der Waals surface area contributed by atoms with Crippen molar-refractivity contribution in [1.82, 2.24) is 5.32 Å². The Morgan fingerprint density at radius 1 is 1.64 bits per heavy atom. The van der Waals surface area contributed by atoms with E-state index < -0.39 is 0 Å². The summed E-state index contributed by atoms with van der Waals surface area (Å²) in [5.41, 5.74) is 0. The first-order valence-corrected chi connectivity index (χ1v) is 4.02. The van der Waals surface area contributed by atoms with Crippen molar-refractivity contribution in [2.45, 2.75) is 19.2 Å². The normalized spacial score (nSPS) is 15.2. The largest absolute Gasteiger partial charge is 0.378 e. The second-order valence-electron chi connectivity index (χ2n) is 1.98. The lowest BCUT2D eigenvalue weighted by atomic mass is 10.6. The van der Waals surface area contributed by atoms with Gasteiger partial charge in [-0.3, -0.25) is 4.99 Å². The second-order valence-corrected chi connectivity index (χ2v) is 2.76. The highest BCUT2D eigenvalue weighted by atomic mass is 32.1. The smallest absolute Gasteiger partial charge is 0.0660 e. The molecule has 0 radical (unpaired) electrons. The number of hydrogen-bond donors (Lipinski definition) is 2. The maximum absolute atomic E-state index is 4.11. The van der Waals surface area contributed by atoms with E-state index in [1.165, 1.54) is 0 Å². The van der Waals surface area contributed by atoms with Crippen LogP contribution in [0.1, 0.15) is 15.3 Å². The van der Waals surface area contributed by atoms with Crippen molar-refractivity contribution in [3.63, 3.8) is 0 Å². The van der Waals surface area contributed by atoms with Gasteiger partial charge in [0.15, 0.2) is 0 Å². The van der Waals surface area contributed by atoms with E-state index >= 15 is 0 Å². The summed E-state index contributed by atoms with van der Waals surface area (Å²) in [6, 6.07) is 0. The third-order valence-corrected chi connectivity index (χ3v) is 1.01. The van der Waals surface area contributed by atoms with Crippen LogP contribution in [-0.2, 0) is 0 Å². The zero-order valence-electron chi connectivity index (χ0n) is 6.86. The van der Waals surface area contributed by atoms with Crippen molar-refractivity contribution in [2.75, 3.05) is 0 Å². The molecule has 0 heterocycles. The molecule has 0 amide bonds. The van der Waals surface area contributed by atoms with Crippen molar-refractivity contribution in [1.29, 1.82) is 0 Å². The SMILES string of the molecule is C\C=C/C=N\C=C\NC(C)S.[HH]. The molecule has 0 aliphatic carbocycles. The van der Waals surface area contributed by atoms with Crippen molar-refractivity contribution >= 4 is 18.8 Å². The van der Waals surface area contributed by atoms with Crippen molar-refractivity contribution in [3.05, 3.63) is 24.6 Å². The first-order valence-electron chi connectivity index (χ1n) is 3.51. The van der Waals surface area contributed by atoms with E-state index in [0.29, 0.717) is 0 Å². The Bertz CT molecular complexity index is 164. The highest BCUT2D eigenvalue weighted by molar-refractivity contribution is 7.80. The molecule has 0 aromatic heterocycles. The zero-order valence-corrected chi connectivity index (χ0v) is 7.75. The molecule has 1 N–H and O–H groups in total. The third kappa shape index (κ3) is 9.30. The van der Waals surface area contributed by atoms with E-state index in [0.717, 1.165) is 0 Å². The van der Waals surface area contributed by atoms with Gasteiger partial charge in [-0.15, -0.1) is 0 Å². The number of rotatable bonds is 4. The van der Waals surface area contributed by atoms with E-state index in [9.17, 15) is 0 Å². The van der Waals surface area contributed by atoms with Gasteiger partial charge >= 0.3 is 0 Å². The van der Waals surface area contributed by atoms with Gasteiger partial charge in [-0.1, -0.05) is 6.08 Å². The monoisotopic (exact) mass is 172 g/mol. The van der Waals surface area contributed by atoms with Gasteiger partial charge < -0.3 is 5.32 Å². The summed E-state index contributed by atoms with van der Waals surface area (Å²) in [6.45, 7) is 3.90. The zero-order chi connectivity index (χ0) is 8.53. The van der Waals surface area contributed by atoms with E-state index in [1.54, 1.807) is 18.6 Å². The van der Waals surface area contributed by atoms with Gasteiger partial charge in [0.25, 0.3) is 0 Å². The number of thiol groups is 1. The molecule has 0 aliphatic rings. The van der Waals surface area contributed by atoms with Crippen molar-refractivity contribution in [3.8, 4) is 0 Å². The van der Waals surface area contributed by atoms with Gasteiger partial charge in [-0.2, -0.15) is 12.6 Å². The lowest BCUT2D eigenvalue weighted by Gasteiger charge is -1.99. The summed E-state index contributed by atoms with van der Waals surface area (Å²) in [6.07, 6.45) is 8.96. The predicted molar refractivity (Wildman–Crippen MR) is 56.1 cm³/mol. The van der Waals surface area contributed by atoms with Crippen LogP contribution in [0.3, 0.4) is 0 Å². The molecule has 0 saturated carbocycles. The highest BCUT2D eigenvalue weighted by Crippen LogP contribution is 1.84. The summed E-state index contributed by atoms with van der Waals surface area (Å²) in [7, 11) is 0. The van der Waals surface area contributed by atoms with Crippen LogP contribution in [-0.4, -0.2) is 11.6 Å². The van der Waals surface area contributed by atoms with Gasteiger partial charge in [-0.05, 0) is 19.9 Å². The first kappa shape index (κ1) is 10.3. The lowest BCUT2D eigenvalue weighted by molar-refractivity contribution is 0.860. The molecule has 3 heteroatoms. The third-order valence-electron chi connectivity index (χ3n) is 0.863. The molecular weight excluding hydrogens is 156 g/mol. The minimum absolute atomic E-state index is 0. The van der Waals surface area contributed by atoms with Crippen LogP contribution >= 0.6 is 12.6 Å². The number of nitrogens with one attached hydrogen (secondary N) is 1. The Hall–Kier alpha value is -0.700.